The third kappa shape index (κ3) is 11.6. The Hall–Kier alpha value is -6.44. The summed E-state index contributed by atoms with van der Waals surface area (Å²) in [7, 11) is -11.9. The Bertz CT molecular complexity index is 3170. The molecule has 16 heteroatoms. The summed E-state index contributed by atoms with van der Waals surface area (Å²) in [6, 6.07) is 62.2. The average molecular weight is 1040 g/mol. The molecule has 0 saturated carbocycles. The molecule has 0 N–H and O–H groups in total. The maximum atomic E-state index is 7.60. The molecule has 9 rings (SSSR count). The van der Waals surface area contributed by atoms with Gasteiger partial charge in [0.05, 0.1) is 0 Å². The number of nitrogens with zero attached hydrogens (tertiary/aromatic N) is 4. The minimum absolute atomic E-state index is 0.481. The van der Waals surface area contributed by atoms with Crippen LogP contribution in [0.1, 0.15) is 44.5 Å². The highest BCUT2D eigenvalue weighted by Crippen LogP contribution is 2.78. The molecule has 3 unspecified atom stereocenters. The van der Waals surface area contributed by atoms with Gasteiger partial charge in [0, 0.05) is 13.8 Å². The standard InChI is InChI=1S/C56H56N4O8P4/c1-41-25-9-17-33-49(41)61-58-69(64-52-36-20-12-28-44(52)4)57-72(67-55-39-23-15-31-47(55)7,68-56-40-24-16-32-48(56)8)60(63-51-35-19-11-27-43(51)3)71(66-54-38-22-14-30-46(54)6)59(62-50-34-18-10-26-42(50)2)70(58)65-53-37-21-13-29-45(53)5/h9-40H,1-8H3. The zero-order valence-corrected chi connectivity index (χ0v) is 44.9. The van der Waals surface area contributed by atoms with Gasteiger partial charge in [0.15, 0.2) is 17.2 Å². The van der Waals surface area contributed by atoms with Gasteiger partial charge in [0.25, 0.3) is 0 Å². The van der Waals surface area contributed by atoms with E-state index in [1.807, 2.05) is 250 Å². The maximum Gasteiger partial charge on any atom is 0.447 e. The summed E-state index contributed by atoms with van der Waals surface area (Å²) in [5.74, 6) is 4.10. The van der Waals surface area contributed by atoms with E-state index < -0.39 is 33.0 Å². The van der Waals surface area contributed by atoms with Crippen LogP contribution in [0.25, 0.3) is 0 Å². The molecule has 0 aliphatic carbocycles. The Morgan fingerprint density at radius 2 is 0.583 bits per heavy atom. The smallest absolute Gasteiger partial charge is 0.440 e. The lowest BCUT2D eigenvalue weighted by Gasteiger charge is -2.45. The van der Waals surface area contributed by atoms with E-state index in [0.717, 1.165) is 44.5 Å². The van der Waals surface area contributed by atoms with Crippen molar-refractivity contribution in [2.75, 3.05) is 0 Å². The molecule has 0 amide bonds. The van der Waals surface area contributed by atoms with Crippen LogP contribution in [0.4, 0.5) is 0 Å². The van der Waals surface area contributed by atoms with Crippen LogP contribution in [-0.2, 0) is 0 Å². The fraction of sp³-hybridized carbons (Fsp3) is 0.143. The minimum atomic E-state index is -4.34. The summed E-state index contributed by atoms with van der Waals surface area (Å²) in [4.78, 5) is 22.3. The summed E-state index contributed by atoms with van der Waals surface area (Å²) in [5, 5.41) is 0. The molecule has 12 nitrogen and oxygen atoms in total. The first-order valence-electron chi connectivity index (χ1n) is 23.3. The molecule has 0 fully saturated rings. The Morgan fingerprint density at radius 1 is 0.306 bits per heavy atom. The summed E-state index contributed by atoms with van der Waals surface area (Å²) < 4.78 is 48.5. The third-order valence-electron chi connectivity index (χ3n) is 11.4. The van der Waals surface area contributed by atoms with Crippen molar-refractivity contribution >= 4 is 33.0 Å². The summed E-state index contributed by atoms with van der Waals surface area (Å²) in [6.45, 7) is 15.9. The van der Waals surface area contributed by atoms with E-state index in [1.165, 1.54) is 0 Å². The summed E-state index contributed by atoms with van der Waals surface area (Å²) in [5.41, 5.74) is 6.70. The van der Waals surface area contributed by atoms with E-state index in [-0.39, 0.29) is 0 Å². The largest absolute Gasteiger partial charge is 0.447 e. The quantitative estimate of drug-likeness (QED) is 0.0866. The van der Waals surface area contributed by atoms with E-state index in [1.54, 1.807) is 13.8 Å². The van der Waals surface area contributed by atoms with E-state index in [4.69, 9.17) is 41.6 Å². The van der Waals surface area contributed by atoms with Crippen LogP contribution >= 0.6 is 33.0 Å². The van der Waals surface area contributed by atoms with Crippen molar-refractivity contribution in [2.45, 2.75) is 55.4 Å². The highest BCUT2D eigenvalue weighted by molar-refractivity contribution is 7.78. The van der Waals surface area contributed by atoms with Gasteiger partial charge in [-0.05, 0) is 148 Å². The molecular formula is C56H56N4O8P4. The Balaban J connectivity index is 1.47. The first-order valence-corrected chi connectivity index (χ1v) is 28.3. The minimum Gasteiger partial charge on any atom is -0.440 e. The zero-order chi connectivity index (χ0) is 50.2. The second kappa shape index (κ2) is 23.0. The van der Waals surface area contributed by atoms with Crippen LogP contribution in [0.3, 0.4) is 0 Å². The Morgan fingerprint density at radius 3 is 0.944 bits per heavy atom. The van der Waals surface area contributed by atoms with E-state index in [2.05, 4.69) is 0 Å². The molecule has 0 saturated heterocycles. The highest BCUT2D eigenvalue weighted by Gasteiger charge is 2.60. The van der Waals surface area contributed by atoms with Crippen molar-refractivity contribution in [3.8, 4) is 46.0 Å². The summed E-state index contributed by atoms with van der Waals surface area (Å²) >= 11 is 0. The lowest BCUT2D eigenvalue weighted by atomic mass is 10.2. The number of hydrogen-bond acceptors (Lipinski definition) is 12. The second-order valence-electron chi connectivity index (χ2n) is 17.0. The van der Waals surface area contributed by atoms with Gasteiger partial charge < -0.3 is 37.1 Å². The normalized spacial score (nSPS) is 17.1. The Labute approximate surface area is 426 Å². The van der Waals surface area contributed by atoms with Crippen molar-refractivity contribution < 1.29 is 37.1 Å². The van der Waals surface area contributed by atoms with Crippen LogP contribution in [0.2, 0.25) is 0 Å². The molecule has 368 valence electrons. The average Bonchev–Trinajstić information content (AvgIpc) is 3.37. The van der Waals surface area contributed by atoms with Crippen molar-refractivity contribution in [3.63, 3.8) is 0 Å². The predicted molar refractivity (Wildman–Crippen MR) is 290 cm³/mol. The van der Waals surface area contributed by atoms with Gasteiger partial charge >= 0.3 is 33.0 Å². The fourth-order valence-electron chi connectivity index (χ4n) is 7.12. The molecule has 0 radical (unpaired) electrons. The fourth-order valence-corrected chi connectivity index (χ4v) is 17.2. The molecule has 0 aromatic heterocycles. The van der Waals surface area contributed by atoms with Crippen molar-refractivity contribution in [1.29, 1.82) is 0 Å². The first-order chi connectivity index (χ1) is 35.0. The lowest BCUT2D eigenvalue weighted by molar-refractivity contribution is 0.0368. The van der Waals surface area contributed by atoms with Crippen LogP contribution in [0.5, 0.6) is 46.0 Å². The number of rotatable bonds is 16. The van der Waals surface area contributed by atoms with Gasteiger partial charge in [0.2, 0.25) is 0 Å². The van der Waals surface area contributed by atoms with Crippen LogP contribution in [0, 0.1) is 55.4 Å². The second-order valence-corrected chi connectivity index (χ2v) is 24.2. The van der Waals surface area contributed by atoms with Crippen molar-refractivity contribution in [3.05, 3.63) is 239 Å². The molecule has 3 atom stereocenters. The number of hydrogen-bond donors (Lipinski definition) is 0. The van der Waals surface area contributed by atoms with Gasteiger partial charge in [-0.2, -0.15) is 0 Å². The molecule has 1 heterocycles. The third-order valence-corrected chi connectivity index (χ3v) is 20.2. The molecule has 1 aliphatic rings. The first kappa shape index (κ1) is 50.5. The summed E-state index contributed by atoms with van der Waals surface area (Å²) in [6.07, 6.45) is 0. The monoisotopic (exact) mass is 1040 g/mol. The molecule has 0 bridgehead atoms. The van der Waals surface area contributed by atoms with E-state index >= 15 is 0 Å². The zero-order valence-electron chi connectivity index (χ0n) is 41.3. The van der Waals surface area contributed by atoms with Crippen LogP contribution in [0.15, 0.2) is 199 Å². The van der Waals surface area contributed by atoms with Crippen LogP contribution in [-0.4, -0.2) is 13.8 Å². The van der Waals surface area contributed by atoms with E-state index in [9.17, 15) is 0 Å². The van der Waals surface area contributed by atoms with Crippen LogP contribution < -0.4 is 37.1 Å². The lowest BCUT2D eigenvalue weighted by Crippen LogP contribution is -2.39. The Kier molecular flexibility index (Phi) is 16.1. The number of benzene rings is 8. The van der Waals surface area contributed by atoms with Crippen molar-refractivity contribution in [2.24, 2.45) is 4.52 Å². The van der Waals surface area contributed by atoms with E-state index in [0.29, 0.717) is 46.0 Å². The maximum absolute atomic E-state index is 7.60. The SMILES string of the molecule is Cc1ccccc1ON1P(Oc2ccccc2C)N=P(Oc2ccccc2C)(Oc2ccccc2C)N(Oc2ccccc2C)P(Oc2ccccc2C)N(Oc2ccccc2C)P1Oc1ccccc1C. The predicted octanol–water partition coefficient (Wildman–Crippen LogP) is 17.4. The van der Waals surface area contributed by atoms with Gasteiger partial charge in [-0.25, -0.2) is 0 Å². The van der Waals surface area contributed by atoms with Gasteiger partial charge in [-0.1, -0.05) is 146 Å². The molecule has 8 aromatic rings. The topological polar surface area (TPSA) is 95.9 Å². The number of para-hydroxylation sites is 8. The molecule has 72 heavy (non-hydrogen) atoms. The number of aryl methyl sites for hydroxylation is 8. The molecule has 8 aromatic carbocycles. The van der Waals surface area contributed by atoms with Gasteiger partial charge in [-0.3, -0.25) is 0 Å². The molecule has 0 spiro atoms. The molecule has 1 aliphatic heterocycles. The van der Waals surface area contributed by atoms with Gasteiger partial charge in [0.1, 0.15) is 28.7 Å². The van der Waals surface area contributed by atoms with Gasteiger partial charge in [-0.15, -0.1) is 4.52 Å². The highest BCUT2D eigenvalue weighted by atomic mass is 31.3. The molecular weight excluding hydrogens is 981 g/mol. The van der Waals surface area contributed by atoms with Crippen molar-refractivity contribution in [1.82, 2.24) is 13.8 Å².